The highest BCUT2D eigenvalue weighted by molar-refractivity contribution is 6.32. The zero-order valence-corrected chi connectivity index (χ0v) is 18.4. The van der Waals surface area contributed by atoms with Gasteiger partial charge in [0.25, 0.3) is 5.91 Å². The summed E-state index contributed by atoms with van der Waals surface area (Å²) < 4.78 is 54.6. The minimum atomic E-state index is -4.63. The Labute approximate surface area is 201 Å². The lowest BCUT2D eigenvalue weighted by molar-refractivity contribution is -0.141. The van der Waals surface area contributed by atoms with Gasteiger partial charge >= 0.3 is 12.3 Å². The Balaban J connectivity index is 1.46. The van der Waals surface area contributed by atoms with E-state index in [2.05, 4.69) is 10.3 Å². The van der Waals surface area contributed by atoms with Gasteiger partial charge in [-0.05, 0) is 42.5 Å². The number of hydrogen-bond donors (Lipinski definition) is 2. The van der Waals surface area contributed by atoms with Crippen molar-refractivity contribution in [2.75, 3.05) is 11.9 Å². The smallest absolute Gasteiger partial charge is 0.493 e. The Bertz CT molecular complexity index is 1270. The van der Waals surface area contributed by atoms with Gasteiger partial charge in [0.2, 0.25) is 0 Å². The monoisotopic (exact) mass is 508 g/mol. The maximum Gasteiger partial charge on any atom is 0.506 e. The van der Waals surface area contributed by atoms with Gasteiger partial charge in [-0.1, -0.05) is 17.7 Å². The van der Waals surface area contributed by atoms with E-state index in [4.69, 9.17) is 30.9 Å². The summed E-state index contributed by atoms with van der Waals surface area (Å²) in [6.07, 6.45) is -6.42. The van der Waals surface area contributed by atoms with Crippen molar-refractivity contribution < 1.29 is 42.1 Å². The lowest BCUT2D eigenvalue weighted by Gasteiger charge is -2.25. The largest absolute Gasteiger partial charge is 0.506 e. The average molecular weight is 509 g/mol. The Morgan fingerprint density at radius 3 is 2.57 bits per heavy atom. The van der Waals surface area contributed by atoms with Crippen LogP contribution in [0.3, 0.4) is 0 Å². The third kappa shape index (κ3) is 5.75. The third-order valence-electron chi connectivity index (χ3n) is 4.92. The topological polar surface area (TPSA) is 107 Å². The van der Waals surface area contributed by atoms with Gasteiger partial charge in [0.15, 0.2) is 0 Å². The fourth-order valence-corrected chi connectivity index (χ4v) is 3.54. The highest BCUT2D eigenvalue weighted by Crippen LogP contribution is 2.42. The van der Waals surface area contributed by atoms with Gasteiger partial charge < -0.3 is 24.6 Å². The third-order valence-corrected chi connectivity index (χ3v) is 5.21. The van der Waals surface area contributed by atoms with E-state index < -0.39 is 30.0 Å². The van der Waals surface area contributed by atoms with Crippen molar-refractivity contribution in [2.24, 2.45) is 0 Å². The van der Waals surface area contributed by atoms with Gasteiger partial charge in [0.05, 0.1) is 11.6 Å². The molecule has 1 amide bonds. The molecule has 4 rings (SSSR count). The number of rotatable bonds is 5. The van der Waals surface area contributed by atoms with Crippen molar-refractivity contribution in [1.82, 2.24) is 4.98 Å². The number of carbonyl (C=O) groups is 2. The summed E-state index contributed by atoms with van der Waals surface area (Å²) in [6.45, 7) is 0.247. The van der Waals surface area contributed by atoms with Gasteiger partial charge in [-0.25, -0.2) is 9.78 Å². The lowest BCUT2D eigenvalue weighted by Crippen LogP contribution is -2.18. The molecule has 1 aliphatic rings. The summed E-state index contributed by atoms with van der Waals surface area (Å²) in [4.78, 5) is 26.7. The molecular formula is C23H16ClF3N2O6. The molecule has 1 aliphatic heterocycles. The van der Waals surface area contributed by atoms with Gasteiger partial charge in [0.1, 0.15) is 34.9 Å². The average Bonchev–Trinajstić information content (AvgIpc) is 2.80. The molecule has 0 aliphatic carbocycles. The van der Waals surface area contributed by atoms with Crippen LogP contribution in [0.4, 0.5) is 23.8 Å². The van der Waals surface area contributed by atoms with Crippen LogP contribution in [0.1, 0.15) is 34.1 Å². The van der Waals surface area contributed by atoms with Crippen LogP contribution in [0, 0.1) is 0 Å². The van der Waals surface area contributed by atoms with E-state index in [1.807, 2.05) is 0 Å². The van der Waals surface area contributed by atoms with Crippen molar-refractivity contribution in [2.45, 2.75) is 18.7 Å². The first-order valence-corrected chi connectivity index (χ1v) is 10.5. The molecule has 1 atom stereocenters. The second-order valence-electron chi connectivity index (χ2n) is 7.32. The number of hydrogen-bond acceptors (Lipinski definition) is 6. The van der Waals surface area contributed by atoms with Gasteiger partial charge in [-0.3, -0.25) is 4.79 Å². The van der Waals surface area contributed by atoms with Crippen LogP contribution in [-0.4, -0.2) is 28.8 Å². The fraction of sp³-hybridized carbons (Fsp3) is 0.174. The summed E-state index contributed by atoms with van der Waals surface area (Å²) in [6, 6.07) is 12.0. The molecule has 8 nitrogen and oxygen atoms in total. The number of alkyl halides is 3. The normalized spacial score (nSPS) is 14.9. The number of halogens is 4. The van der Waals surface area contributed by atoms with Crippen molar-refractivity contribution in [3.8, 4) is 17.2 Å². The van der Waals surface area contributed by atoms with E-state index >= 15 is 0 Å². The van der Waals surface area contributed by atoms with E-state index in [0.717, 1.165) is 12.1 Å². The van der Waals surface area contributed by atoms with Crippen LogP contribution in [0.15, 0.2) is 54.6 Å². The maximum atomic E-state index is 12.8. The van der Waals surface area contributed by atoms with E-state index in [1.54, 1.807) is 0 Å². The highest BCUT2D eigenvalue weighted by Gasteiger charge is 2.32. The number of ether oxygens (including phenoxy) is 3. The number of benzene rings is 2. The van der Waals surface area contributed by atoms with Crippen LogP contribution < -0.4 is 14.8 Å². The summed E-state index contributed by atoms with van der Waals surface area (Å²) >= 11 is 6.30. The van der Waals surface area contributed by atoms with Gasteiger partial charge in [-0.15, -0.1) is 0 Å². The number of pyridine rings is 1. The molecule has 0 bridgehead atoms. The number of anilines is 1. The Morgan fingerprint density at radius 2 is 1.89 bits per heavy atom. The molecule has 0 fully saturated rings. The molecule has 1 unspecified atom stereocenters. The molecule has 0 saturated carbocycles. The minimum absolute atomic E-state index is 0.157. The molecule has 0 saturated heterocycles. The Hall–Kier alpha value is -3.99. The summed E-state index contributed by atoms with van der Waals surface area (Å²) in [7, 11) is 0. The molecule has 2 aromatic carbocycles. The predicted molar refractivity (Wildman–Crippen MR) is 117 cm³/mol. The van der Waals surface area contributed by atoms with Gasteiger partial charge in [-0.2, -0.15) is 13.2 Å². The molecule has 1 aromatic heterocycles. The number of nitrogens with zero attached hydrogens (tertiary/aromatic N) is 1. The quantitative estimate of drug-likeness (QED) is 0.388. The zero-order valence-electron chi connectivity index (χ0n) is 17.6. The second-order valence-corrected chi connectivity index (χ2v) is 7.72. The molecule has 0 radical (unpaired) electrons. The zero-order chi connectivity index (χ0) is 25.2. The highest BCUT2D eigenvalue weighted by atomic mass is 35.5. The number of carboxylic acid groups (broad SMARTS) is 1. The number of aromatic nitrogens is 1. The van der Waals surface area contributed by atoms with E-state index in [0.29, 0.717) is 23.5 Å². The fourth-order valence-electron chi connectivity index (χ4n) is 3.33. The molecular weight excluding hydrogens is 493 g/mol. The molecule has 0 spiro atoms. The van der Waals surface area contributed by atoms with Crippen molar-refractivity contribution in [3.63, 3.8) is 0 Å². The molecule has 35 heavy (non-hydrogen) atoms. The van der Waals surface area contributed by atoms with Crippen LogP contribution in [-0.2, 0) is 10.9 Å². The summed E-state index contributed by atoms with van der Waals surface area (Å²) in [5.41, 5.74) is -0.484. The summed E-state index contributed by atoms with van der Waals surface area (Å²) in [5.74, 6) is 0.0113. The van der Waals surface area contributed by atoms with Crippen molar-refractivity contribution >= 4 is 29.5 Å². The summed E-state index contributed by atoms with van der Waals surface area (Å²) in [5, 5.41) is 11.4. The molecule has 12 heteroatoms. The molecule has 182 valence electrons. The van der Waals surface area contributed by atoms with Crippen LogP contribution >= 0.6 is 11.6 Å². The van der Waals surface area contributed by atoms with Crippen molar-refractivity contribution in [1.29, 1.82) is 0 Å². The predicted octanol–water partition coefficient (Wildman–Crippen LogP) is 6.32. The lowest BCUT2D eigenvalue weighted by atomic mass is 10.0. The number of nitrogens with one attached hydrogen (secondary N) is 1. The van der Waals surface area contributed by atoms with E-state index in [1.165, 1.54) is 42.5 Å². The molecule has 2 N–H and O–H groups in total. The van der Waals surface area contributed by atoms with Crippen LogP contribution in [0.2, 0.25) is 5.02 Å². The first-order valence-electron chi connectivity index (χ1n) is 10.1. The van der Waals surface area contributed by atoms with Gasteiger partial charge in [0, 0.05) is 23.6 Å². The number of fused-ring (bicyclic) bond motifs is 1. The number of amides is 1. The Kier molecular flexibility index (Phi) is 6.70. The van der Waals surface area contributed by atoms with Crippen molar-refractivity contribution in [3.05, 3.63) is 76.4 Å². The van der Waals surface area contributed by atoms with E-state index in [-0.39, 0.29) is 28.8 Å². The van der Waals surface area contributed by atoms with E-state index in [9.17, 15) is 22.8 Å². The SMILES string of the molecule is O=C(O)OC1CCOc2cc(Oc3ccc(C(=O)Nc4cccc(C(F)(F)F)n4)cc3)c(Cl)cc21. The van der Waals surface area contributed by atoms with Crippen LogP contribution in [0.25, 0.3) is 0 Å². The molecule has 3 aromatic rings. The maximum absolute atomic E-state index is 12.8. The first kappa shape index (κ1) is 24.1. The number of carbonyl (C=O) groups excluding carboxylic acids is 1. The second kappa shape index (κ2) is 9.71. The first-order chi connectivity index (χ1) is 16.6. The minimum Gasteiger partial charge on any atom is -0.493 e. The Morgan fingerprint density at radius 1 is 1.14 bits per heavy atom. The van der Waals surface area contributed by atoms with Crippen LogP contribution in [0.5, 0.6) is 17.2 Å². The standard InChI is InChI=1S/C23H16ClF3N2O6/c24-15-10-14-16(35-22(31)32)8-9-33-17(14)11-18(15)34-13-6-4-12(5-7-13)21(30)29-20-3-1-2-19(28-20)23(25,26)27/h1-7,10-11,16H,8-9H2,(H,31,32)(H,28,29,30). The molecule has 2 heterocycles.